The zero-order valence-corrected chi connectivity index (χ0v) is 17.7. The summed E-state index contributed by atoms with van der Waals surface area (Å²) in [4.78, 5) is 29.4. The molecule has 0 aliphatic carbocycles. The summed E-state index contributed by atoms with van der Waals surface area (Å²) in [5.74, 6) is 1.09. The van der Waals surface area contributed by atoms with Gasteiger partial charge in [0.25, 0.3) is 0 Å². The molecular formula is C22H29N2O5+. The fraction of sp³-hybridized carbons (Fsp3) is 0.455. The number of H-pyrrole nitrogens is 1. The fourth-order valence-electron chi connectivity index (χ4n) is 4.34. The van der Waals surface area contributed by atoms with E-state index in [1.54, 1.807) is 28.1 Å². The molecule has 1 saturated heterocycles. The van der Waals surface area contributed by atoms with Crippen LogP contribution in [-0.4, -0.2) is 51.2 Å². The highest BCUT2D eigenvalue weighted by molar-refractivity contribution is 6.01. The number of aromatic nitrogens is 1. The molecule has 0 amide bonds. The molecule has 2 atom stereocenters. The minimum atomic E-state index is -0.426. The van der Waals surface area contributed by atoms with Gasteiger partial charge in [0.1, 0.15) is 24.1 Å². The summed E-state index contributed by atoms with van der Waals surface area (Å²) < 4.78 is 15.7. The summed E-state index contributed by atoms with van der Waals surface area (Å²) in [7, 11) is 4.62. The predicted octanol–water partition coefficient (Wildman–Crippen LogP) is 2.04. The van der Waals surface area contributed by atoms with Gasteiger partial charge in [0.15, 0.2) is 0 Å². The van der Waals surface area contributed by atoms with Gasteiger partial charge in [-0.1, -0.05) is 0 Å². The standard InChI is InChI=1S/C22H28N2O5/c1-13-20(22(26)29-5)14(2)23-21(13)18(25)12-24-10-6-7-17(24)16-9-8-15(27-3)11-19(16)28-4/h8-9,11,17,23H,6-7,10,12H2,1-5H3/p+1/t17-/m1/s1. The number of rotatable bonds is 7. The van der Waals surface area contributed by atoms with E-state index in [1.807, 2.05) is 18.2 Å². The van der Waals surface area contributed by atoms with Gasteiger partial charge in [-0.15, -0.1) is 0 Å². The lowest BCUT2D eigenvalue weighted by atomic mass is 10.0. The second-order valence-corrected chi connectivity index (χ2v) is 7.43. The number of ether oxygens (including phenoxy) is 3. The molecule has 1 aromatic carbocycles. The molecule has 1 aliphatic heterocycles. The molecule has 7 nitrogen and oxygen atoms in total. The molecule has 1 unspecified atom stereocenters. The third-order valence-corrected chi connectivity index (χ3v) is 5.79. The third-order valence-electron chi connectivity index (χ3n) is 5.79. The minimum absolute atomic E-state index is 0.00451. The van der Waals surface area contributed by atoms with Crippen molar-refractivity contribution < 1.29 is 28.7 Å². The molecule has 3 rings (SSSR count). The lowest BCUT2D eigenvalue weighted by Gasteiger charge is -2.23. The van der Waals surface area contributed by atoms with E-state index in [4.69, 9.17) is 14.2 Å². The second kappa shape index (κ2) is 8.69. The number of methoxy groups -OCH3 is 3. The van der Waals surface area contributed by atoms with Crippen molar-refractivity contribution in [3.8, 4) is 11.5 Å². The molecule has 0 saturated carbocycles. The largest absolute Gasteiger partial charge is 0.497 e. The minimum Gasteiger partial charge on any atom is -0.497 e. The van der Waals surface area contributed by atoms with Gasteiger partial charge in [-0.2, -0.15) is 0 Å². The first kappa shape index (κ1) is 20.9. The topological polar surface area (TPSA) is 82.1 Å². The lowest BCUT2D eigenvalue weighted by molar-refractivity contribution is -0.910. The molecule has 7 heteroatoms. The van der Waals surface area contributed by atoms with Gasteiger partial charge in [0, 0.05) is 24.6 Å². The number of quaternary nitrogens is 1. The number of esters is 1. The van der Waals surface area contributed by atoms with Crippen molar-refractivity contribution in [2.75, 3.05) is 34.4 Å². The normalized spacial score (nSPS) is 18.5. The van der Waals surface area contributed by atoms with Crippen molar-refractivity contribution >= 4 is 11.8 Å². The van der Waals surface area contributed by atoms with Crippen molar-refractivity contribution in [1.82, 2.24) is 4.98 Å². The van der Waals surface area contributed by atoms with Crippen molar-refractivity contribution in [2.24, 2.45) is 0 Å². The Morgan fingerprint density at radius 1 is 1.17 bits per heavy atom. The number of aromatic amines is 1. The number of likely N-dealkylation sites (tertiary alicyclic amines) is 1. The van der Waals surface area contributed by atoms with Crippen LogP contribution in [-0.2, 0) is 4.74 Å². The molecule has 1 aliphatic rings. The van der Waals surface area contributed by atoms with Crippen LogP contribution >= 0.6 is 0 Å². The molecule has 2 heterocycles. The van der Waals surface area contributed by atoms with E-state index in [-0.39, 0.29) is 11.8 Å². The van der Waals surface area contributed by atoms with Crippen LogP contribution in [0.3, 0.4) is 0 Å². The number of ketones is 1. The van der Waals surface area contributed by atoms with Crippen molar-refractivity contribution in [3.05, 3.63) is 46.3 Å². The van der Waals surface area contributed by atoms with Crippen LogP contribution in [0.15, 0.2) is 18.2 Å². The first-order chi connectivity index (χ1) is 13.9. The summed E-state index contributed by atoms with van der Waals surface area (Å²) in [6.07, 6.45) is 2.03. The van der Waals surface area contributed by atoms with Crippen molar-refractivity contribution in [3.63, 3.8) is 0 Å². The Kier molecular flexibility index (Phi) is 6.27. The number of aryl methyl sites for hydroxylation is 1. The maximum Gasteiger partial charge on any atom is 0.339 e. The van der Waals surface area contributed by atoms with Crippen LogP contribution in [0.1, 0.15) is 56.6 Å². The SMILES string of the molecule is COC(=O)c1c(C)[nH]c(C(=O)C[NH+]2CCC[C@@H]2c2ccc(OC)cc2OC)c1C. The van der Waals surface area contributed by atoms with E-state index in [9.17, 15) is 9.59 Å². The number of carbonyl (C=O) groups is 2. The highest BCUT2D eigenvalue weighted by Crippen LogP contribution is 2.31. The first-order valence-corrected chi connectivity index (χ1v) is 9.78. The maximum absolute atomic E-state index is 13.1. The fourth-order valence-corrected chi connectivity index (χ4v) is 4.34. The van der Waals surface area contributed by atoms with E-state index in [1.165, 1.54) is 12.0 Å². The number of nitrogens with one attached hydrogen (secondary N) is 2. The Morgan fingerprint density at radius 3 is 2.59 bits per heavy atom. The smallest absolute Gasteiger partial charge is 0.339 e. The second-order valence-electron chi connectivity index (χ2n) is 7.43. The molecule has 156 valence electrons. The zero-order chi connectivity index (χ0) is 21.1. The van der Waals surface area contributed by atoms with Crippen LogP contribution < -0.4 is 14.4 Å². The average Bonchev–Trinajstić information content (AvgIpc) is 3.30. The van der Waals surface area contributed by atoms with E-state index >= 15 is 0 Å². The summed E-state index contributed by atoms with van der Waals surface area (Å²) in [6.45, 7) is 4.82. The molecule has 0 bridgehead atoms. The summed E-state index contributed by atoms with van der Waals surface area (Å²) in [5, 5.41) is 0. The molecule has 1 fully saturated rings. The molecular weight excluding hydrogens is 372 g/mol. The molecule has 0 radical (unpaired) electrons. The highest BCUT2D eigenvalue weighted by Gasteiger charge is 2.35. The lowest BCUT2D eigenvalue weighted by Crippen LogP contribution is -3.11. The van der Waals surface area contributed by atoms with E-state index < -0.39 is 5.97 Å². The summed E-state index contributed by atoms with van der Waals surface area (Å²) in [5.41, 5.74) is 3.32. The monoisotopic (exact) mass is 401 g/mol. The highest BCUT2D eigenvalue weighted by atomic mass is 16.5. The average molecular weight is 401 g/mol. The van der Waals surface area contributed by atoms with Crippen molar-refractivity contribution in [1.29, 1.82) is 0 Å². The van der Waals surface area contributed by atoms with Crippen LogP contribution in [0.25, 0.3) is 0 Å². The van der Waals surface area contributed by atoms with Gasteiger partial charge in [-0.3, -0.25) is 4.79 Å². The molecule has 0 spiro atoms. The van der Waals surface area contributed by atoms with Gasteiger partial charge >= 0.3 is 5.97 Å². The molecule has 29 heavy (non-hydrogen) atoms. The van der Waals surface area contributed by atoms with Crippen LogP contribution in [0.2, 0.25) is 0 Å². The third kappa shape index (κ3) is 4.00. The quantitative estimate of drug-likeness (QED) is 0.548. The number of benzene rings is 1. The maximum atomic E-state index is 13.1. The Hall–Kier alpha value is -2.80. The number of hydrogen-bond donors (Lipinski definition) is 2. The Morgan fingerprint density at radius 2 is 1.93 bits per heavy atom. The van der Waals surface area contributed by atoms with Gasteiger partial charge in [0.05, 0.1) is 44.7 Å². The zero-order valence-electron chi connectivity index (χ0n) is 17.7. The van der Waals surface area contributed by atoms with E-state index in [0.29, 0.717) is 29.1 Å². The number of hydrogen-bond acceptors (Lipinski definition) is 5. The number of carbonyl (C=O) groups excluding carboxylic acids is 2. The Bertz CT molecular complexity index is 918. The van der Waals surface area contributed by atoms with Gasteiger partial charge < -0.3 is 24.1 Å². The van der Waals surface area contributed by atoms with Crippen molar-refractivity contribution in [2.45, 2.75) is 32.7 Å². The van der Waals surface area contributed by atoms with Gasteiger partial charge in [-0.05, 0) is 31.5 Å². The number of Topliss-reactive ketones (excluding diaryl/α,β-unsaturated/α-hetero) is 1. The van der Waals surface area contributed by atoms with E-state index in [0.717, 1.165) is 36.4 Å². The van der Waals surface area contributed by atoms with Crippen LogP contribution in [0.5, 0.6) is 11.5 Å². The van der Waals surface area contributed by atoms with Crippen LogP contribution in [0, 0.1) is 13.8 Å². The molecule has 1 aromatic heterocycles. The Balaban J connectivity index is 1.83. The van der Waals surface area contributed by atoms with Gasteiger partial charge in [0.2, 0.25) is 5.78 Å². The van der Waals surface area contributed by atoms with E-state index in [2.05, 4.69) is 4.98 Å². The molecule has 2 N–H and O–H groups in total. The van der Waals surface area contributed by atoms with Gasteiger partial charge in [-0.25, -0.2) is 4.79 Å². The summed E-state index contributed by atoms with van der Waals surface area (Å²) >= 11 is 0. The first-order valence-electron chi connectivity index (χ1n) is 9.78. The summed E-state index contributed by atoms with van der Waals surface area (Å²) in [6, 6.07) is 6.01. The van der Waals surface area contributed by atoms with Crippen LogP contribution in [0.4, 0.5) is 0 Å². The predicted molar refractivity (Wildman–Crippen MR) is 108 cm³/mol. The molecule has 2 aromatic rings. The Labute approximate surface area is 170 Å².